The highest BCUT2D eigenvalue weighted by Gasteiger charge is 2.38. The van der Waals surface area contributed by atoms with Crippen LogP contribution in [0.5, 0.6) is 0 Å². The number of hydrogen-bond acceptors (Lipinski definition) is 5. The van der Waals surface area contributed by atoms with E-state index in [1.165, 1.54) is 22.6 Å². The molecule has 0 fully saturated rings. The molecule has 0 saturated carbocycles. The Morgan fingerprint density at radius 1 is 1.55 bits per heavy atom. The largest absolute Gasteiger partial charge is 0.479 e. The number of aromatic amines is 1. The van der Waals surface area contributed by atoms with Crippen LogP contribution in [0.15, 0.2) is 11.7 Å². The van der Waals surface area contributed by atoms with E-state index in [4.69, 9.17) is 0 Å². The third kappa shape index (κ3) is 2.50. The van der Waals surface area contributed by atoms with Gasteiger partial charge in [0.15, 0.2) is 6.04 Å². The van der Waals surface area contributed by atoms with Crippen molar-refractivity contribution < 1.29 is 14.7 Å². The zero-order valence-electron chi connectivity index (χ0n) is 12.1. The first-order chi connectivity index (χ1) is 10.6. The smallest absolute Gasteiger partial charge is 0.332 e. The van der Waals surface area contributed by atoms with Crippen LogP contribution in [0.25, 0.3) is 0 Å². The van der Waals surface area contributed by atoms with Gasteiger partial charge in [-0.15, -0.1) is 11.3 Å². The fourth-order valence-electron chi connectivity index (χ4n) is 2.63. The molecule has 0 aromatic carbocycles. The lowest BCUT2D eigenvalue weighted by Crippen LogP contribution is -2.43. The number of amides is 1. The number of imidazole rings is 1. The zero-order chi connectivity index (χ0) is 15.7. The summed E-state index contributed by atoms with van der Waals surface area (Å²) in [6.45, 7) is 2.39. The number of aliphatic carboxylic acids is 1. The molecule has 7 nitrogen and oxygen atoms in total. The highest BCUT2D eigenvalue weighted by atomic mass is 32.1. The van der Waals surface area contributed by atoms with Gasteiger partial charge in [0, 0.05) is 24.0 Å². The number of hydrogen-bond donors (Lipinski definition) is 2. The van der Waals surface area contributed by atoms with Crippen molar-refractivity contribution in [3.05, 3.63) is 33.8 Å². The molecule has 3 heterocycles. The van der Waals surface area contributed by atoms with E-state index in [9.17, 15) is 14.7 Å². The topological polar surface area (TPSA) is 99.2 Å². The van der Waals surface area contributed by atoms with Gasteiger partial charge in [-0.1, -0.05) is 6.92 Å². The number of rotatable bonds is 4. The molecule has 0 saturated heterocycles. The molecule has 0 spiro atoms. The van der Waals surface area contributed by atoms with Gasteiger partial charge < -0.3 is 15.0 Å². The van der Waals surface area contributed by atoms with Gasteiger partial charge in [0.25, 0.3) is 5.91 Å². The van der Waals surface area contributed by atoms with Gasteiger partial charge >= 0.3 is 5.97 Å². The number of carboxylic acid groups (broad SMARTS) is 1. The number of nitrogens with one attached hydrogen (secondary N) is 1. The Labute approximate surface area is 131 Å². The number of carbonyl (C=O) groups is 2. The molecule has 22 heavy (non-hydrogen) atoms. The van der Waals surface area contributed by atoms with E-state index in [1.807, 2.05) is 6.92 Å². The summed E-state index contributed by atoms with van der Waals surface area (Å²) in [5.41, 5.74) is 1.51. The lowest BCUT2D eigenvalue weighted by molar-refractivity contribution is -0.143. The predicted octanol–water partition coefficient (Wildman–Crippen LogP) is 1.64. The summed E-state index contributed by atoms with van der Waals surface area (Å²) in [6, 6.07) is -1.06. The van der Waals surface area contributed by atoms with Crippen LogP contribution in [0.1, 0.15) is 46.3 Å². The van der Waals surface area contributed by atoms with Crippen LogP contribution >= 0.6 is 11.3 Å². The van der Waals surface area contributed by atoms with Crippen molar-refractivity contribution in [1.82, 2.24) is 19.9 Å². The summed E-state index contributed by atoms with van der Waals surface area (Å²) >= 11 is 1.44. The van der Waals surface area contributed by atoms with Crippen LogP contribution in [0.3, 0.4) is 0 Å². The molecular weight excluding hydrogens is 304 g/mol. The Bertz CT molecular complexity index is 709. The van der Waals surface area contributed by atoms with Crippen LogP contribution in [0.4, 0.5) is 0 Å². The Balaban J connectivity index is 1.89. The van der Waals surface area contributed by atoms with Gasteiger partial charge in [-0.25, -0.2) is 14.8 Å². The van der Waals surface area contributed by atoms with Crippen molar-refractivity contribution in [2.45, 2.75) is 32.2 Å². The number of fused-ring (bicyclic) bond motifs is 1. The fourth-order valence-corrected chi connectivity index (χ4v) is 3.50. The minimum absolute atomic E-state index is 0.318. The van der Waals surface area contributed by atoms with Gasteiger partial charge in [-0.05, 0) is 12.8 Å². The number of aryl methyl sites for hydroxylation is 1. The number of nitrogens with zero attached hydrogens (tertiary/aromatic N) is 3. The molecule has 2 N–H and O–H groups in total. The Kier molecular flexibility index (Phi) is 3.93. The van der Waals surface area contributed by atoms with Gasteiger partial charge in [-0.3, -0.25) is 4.79 Å². The highest BCUT2D eigenvalue weighted by Crippen LogP contribution is 2.29. The van der Waals surface area contributed by atoms with E-state index < -0.39 is 12.0 Å². The van der Waals surface area contributed by atoms with Crippen LogP contribution in [-0.2, 0) is 17.6 Å². The average molecular weight is 320 g/mol. The molecule has 0 radical (unpaired) electrons. The molecule has 1 aliphatic heterocycles. The van der Waals surface area contributed by atoms with Gasteiger partial charge in [0.1, 0.15) is 5.69 Å². The van der Waals surface area contributed by atoms with E-state index in [-0.39, 0.29) is 5.91 Å². The summed E-state index contributed by atoms with van der Waals surface area (Å²) in [5, 5.41) is 12.1. The molecule has 3 rings (SSSR count). The molecular formula is C14H16N4O3S. The first kappa shape index (κ1) is 14.7. The van der Waals surface area contributed by atoms with E-state index in [0.29, 0.717) is 24.4 Å². The Hall–Kier alpha value is -2.22. The summed E-state index contributed by atoms with van der Waals surface area (Å²) < 4.78 is 0. The molecule has 0 bridgehead atoms. The van der Waals surface area contributed by atoms with Gasteiger partial charge in [0.05, 0.1) is 17.0 Å². The van der Waals surface area contributed by atoms with Crippen molar-refractivity contribution in [2.75, 3.05) is 6.54 Å². The number of H-pyrrole nitrogens is 1. The Morgan fingerprint density at radius 3 is 3.09 bits per heavy atom. The molecule has 2 aromatic heterocycles. The van der Waals surface area contributed by atoms with E-state index in [1.54, 1.807) is 5.38 Å². The zero-order valence-corrected chi connectivity index (χ0v) is 12.9. The second-order valence-corrected chi connectivity index (χ2v) is 6.07. The maximum Gasteiger partial charge on any atom is 0.332 e. The number of carbonyl (C=O) groups excluding carboxylic acids is 1. The van der Waals surface area contributed by atoms with Crippen molar-refractivity contribution in [3.8, 4) is 0 Å². The first-order valence-corrected chi connectivity index (χ1v) is 8.00. The summed E-state index contributed by atoms with van der Waals surface area (Å²) in [7, 11) is 0. The molecule has 116 valence electrons. The minimum Gasteiger partial charge on any atom is -0.479 e. The van der Waals surface area contributed by atoms with Crippen LogP contribution in [0, 0.1) is 0 Å². The SMILES string of the molecule is CCCc1nc(C(=O)N2CCc3[nH]cnc3C2C(=O)O)cs1. The fraction of sp³-hybridized carbons (Fsp3) is 0.429. The van der Waals surface area contributed by atoms with Crippen molar-refractivity contribution >= 4 is 23.2 Å². The molecule has 2 aromatic rings. The number of thiazole rings is 1. The standard InChI is InChI=1S/C14H16N4O3S/c1-2-3-10-17-9(6-22-10)13(19)18-5-4-8-11(16-7-15-8)12(18)14(20)21/h6-7,12H,2-5H2,1H3,(H,15,16)(H,20,21). The summed E-state index contributed by atoms with van der Waals surface area (Å²) in [5.74, 6) is -1.43. The lowest BCUT2D eigenvalue weighted by atomic mass is 10.0. The maximum absolute atomic E-state index is 12.6. The second kappa shape index (κ2) is 5.88. The van der Waals surface area contributed by atoms with Crippen molar-refractivity contribution in [2.24, 2.45) is 0 Å². The van der Waals surface area contributed by atoms with E-state index in [2.05, 4.69) is 15.0 Å². The highest BCUT2D eigenvalue weighted by molar-refractivity contribution is 7.09. The summed E-state index contributed by atoms with van der Waals surface area (Å²) in [4.78, 5) is 36.9. The molecule has 1 aliphatic rings. The Morgan fingerprint density at radius 2 is 2.36 bits per heavy atom. The number of carboxylic acids is 1. The van der Waals surface area contributed by atoms with Crippen molar-refractivity contribution in [3.63, 3.8) is 0 Å². The van der Waals surface area contributed by atoms with Crippen LogP contribution in [0.2, 0.25) is 0 Å². The molecule has 1 atom stereocenters. The second-order valence-electron chi connectivity index (χ2n) is 5.13. The lowest BCUT2D eigenvalue weighted by Gasteiger charge is -2.31. The predicted molar refractivity (Wildman–Crippen MR) is 79.8 cm³/mol. The molecule has 1 unspecified atom stereocenters. The van der Waals surface area contributed by atoms with Crippen LogP contribution < -0.4 is 0 Å². The molecule has 8 heteroatoms. The van der Waals surface area contributed by atoms with Gasteiger partial charge in [-0.2, -0.15) is 0 Å². The number of aromatic nitrogens is 3. The van der Waals surface area contributed by atoms with Crippen molar-refractivity contribution in [1.29, 1.82) is 0 Å². The van der Waals surface area contributed by atoms with Crippen LogP contribution in [-0.4, -0.2) is 43.4 Å². The van der Waals surface area contributed by atoms with E-state index in [0.717, 1.165) is 23.5 Å². The third-order valence-corrected chi connectivity index (χ3v) is 4.56. The summed E-state index contributed by atoms with van der Waals surface area (Å²) in [6.07, 6.45) is 3.82. The van der Waals surface area contributed by atoms with E-state index >= 15 is 0 Å². The molecule has 1 amide bonds. The average Bonchev–Trinajstić information content (AvgIpc) is 3.14. The molecule has 0 aliphatic carbocycles. The third-order valence-electron chi connectivity index (χ3n) is 3.65. The maximum atomic E-state index is 12.6. The quantitative estimate of drug-likeness (QED) is 0.892. The first-order valence-electron chi connectivity index (χ1n) is 7.12. The normalized spacial score (nSPS) is 17.3. The monoisotopic (exact) mass is 320 g/mol. The minimum atomic E-state index is -1.08. The van der Waals surface area contributed by atoms with Gasteiger partial charge in [0.2, 0.25) is 0 Å².